The van der Waals surface area contributed by atoms with Crippen molar-refractivity contribution in [3.8, 4) is 23.6 Å². The van der Waals surface area contributed by atoms with Crippen LogP contribution in [0.4, 0.5) is 13.2 Å². The van der Waals surface area contributed by atoms with Gasteiger partial charge in [0.15, 0.2) is 0 Å². The van der Waals surface area contributed by atoms with Crippen molar-refractivity contribution in [2.45, 2.75) is 37.9 Å². The molecule has 6 nitrogen and oxygen atoms in total. The van der Waals surface area contributed by atoms with Crippen LogP contribution in [0.25, 0.3) is 11.8 Å². The lowest BCUT2D eigenvalue weighted by Gasteiger charge is -2.15. The molecule has 0 fully saturated rings. The first-order chi connectivity index (χ1) is 16.4. The summed E-state index contributed by atoms with van der Waals surface area (Å²) in [6.07, 6.45) is -4.00. The van der Waals surface area contributed by atoms with Gasteiger partial charge >= 0.3 is 6.36 Å². The van der Waals surface area contributed by atoms with E-state index < -0.39 is 31.7 Å². The summed E-state index contributed by atoms with van der Waals surface area (Å²) in [6.45, 7) is 5.54. The van der Waals surface area contributed by atoms with Gasteiger partial charge in [0.1, 0.15) is 27.7 Å². The summed E-state index contributed by atoms with van der Waals surface area (Å²) in [5, 5.41) is 19.2. The molecule has 1 aromatic heterocycles. The molecule has 0 aliphatic heterocycles. The second-order valence-corrected chi connectivity index (χ2v) is 9.73. The zero-order valence-electron chi connectivity index (χ0n) is 19.0. The molecule has 0 saturated heterocycles. The lowest BCUT2D eigenvalue weighted by atomic mass is 10.1. The maximum atomic E-state index is 13.2. The maximum absolute atomic E-state index is 13.2. The SMILES string of the molecule is Cc1c(/C=C(\C#N)S(=O)(=O)c2ccccc2OC(F)(F)F)cc(C(C)C)n1-c1ccccc1C#N. The molecule has 1 heterocycles. The van der Waals surface area contributed by atoms with E-state index in [1.807, 2.05) is 13.8 Å². The Balaban J connectivity index is 2.22. The molecule has 0 aliphatic carbocycles. The van der Waals surface area contributed by atoms with E-state index in [0.717, 1.165) is 23.9 Å². The zero-order chi connectivity index (χ0) is 26.0. The van der Waals surface area contributed by atoms with Crippen molar-refractivity contribution >= 4 is 15.9 Å². The van der Waals surface area contributed by atoms with E-state index in [0.29, 0.717) is 22.5 Å². The Hall–Kier alpha value is -4.02. The minimum atomic E-state index is -5.11. The highest BCUT2D eigenvalue weighted by molar-refractivity contribution is 7.95. The summed E-state index contributed by atoms with van der Waals surface area (Å²) in [7, 11) is -4.66. The van der Waals surface area contributed by atoms with Gasteiger partial charge in [0.2, 0.25) is 9.84 Å². The Bertz CT molecular complexity index is 1490. The van der Waals surface area contributed by atoms with Crippen molar-refractivity contribution in [3.63, 3.8) is 0 Å². The van der Waals surface area contributed by atoms with Gasteiger partial charge in [0.05, 0.1) is 11.3 Å². The van der Waals surface area contributed by atoms with Gasteiger partial charge in [0.25, 0.3) is 0 Å². The molecule has 0 spiro atoms. The number of ether oxygens (including phenoxy) is 1. The summed E-state index contributed by atoms with van der Waals surface area (Å²) in [5.74, 6) is -0.966. The van der Waals surface area contributed by atoms with E-state index in [1.54, 1.807) is 47.9 Å². The van der Waals surface area contributed by atoms with Crippen LogP contribution in [0.5, 0.6) is 5.75 Å². The van der Waals surface area contributed by atoms with E-state index in [2.05, 4.69) is 10.8 Å². The zero-order valence-corrected chi connectivity index (χ0v) is 19.8. The number of alkyl halides is 3. The molecule has 180 valence electrons. The number of nitriles is 2. The second kappa shape index (κ2) is 9.69. The van der Waals surface area contributed by atoms with Crippen LogP contribution in [0.3, 0.4) is 0 Å². The number of hydrogen-bond donors (Lipinski definition) is 0. The van der Waals surface area contributed by atoms with Gasteiger partial charge in [0, 0.05) is 11.4 Å². The summed E-state index contributed by atoms with van der Waals surface area (Å²) >= 11 is 0. The molecule has 0 N–H and O–H groups in total. The number of halogens is 3. The summed E-state index contributed by atoms with van der Waals surface area (Å²) in [5.41, 5.74) is 2.66. The molecule has 0 saturated carbocycles. The van der Waals surface area contributed by atoms with Crippen molar-refractivity contribution in [3.05, 3.63) is 82.0 Å². The number of nitrogens with zero attached hydrogens (tertiary/aromatic N) is 3. The molecular weight excluding hydrogens is 479 g/mol. The molecule has 0 amide bonds. The topological polar surface area (TPSA) is 95.9 Å². The Morgan fingerprint density at radius 1 is 1.09 bits per heavy atom. The average molecular weight is 500 g/mol. The van der Waals surface area contributed by atoms with Crippen LogP contribution in [0.1, 0.15) is 42.3 Å². The van der Waals surface area contributed by atoms with E-state index in [4.69, 9.17) is 0 Å². The molecule has 2 aromatic carbocycles. The second-order valence-electron chi connectivity index (χ2n) is 7.85. The molecular formula is C25H20F3N3O3S. The Morgan fingerprint density at radius 3 is 2.31 bits per heavy atom. The predicted molar refractivity (Wildman–Crippen MR) is 123 cm³/mol. The quantitative estimate of drug-likeness (QED) is 0.387. The minimum Gasteiger partial charge on any atom is -0.404 e. The van der Waals surface area contributed by atoms with E-state index >= 15 is 0 Å². The molecule has 0 atom stereocenters. The number of allylic oxidation sites excluding steroid dienone is 1. The summed E-state index contributed by atoms with van der Waals surface area (Å²) in [4.78, 5) is -1.53. The van der Waals surface area contributed by atoms with Crippen LogP contribution >= 0.6 is 0 Å². The van der Waals surface area contributed by atoms with E-state index in [1.165, 1.54) is 12.1 Å². The Labute approximate surface area is 201 Å². The number of para-hydroxylation sites is 2. The summed E-state index contributed by atoms with van der Waals surface area (Å²) in [6, 6.07) is 16.6. The Morgan fingerprint density at radius 2 is 1.71 bits per heavy atom. The van der Waals surface area contributed by atoms with Crippen LogP contribution < -0.4 is 4.74 Å². The fourth-order valence-electron chi connectivity index (χ4n) is 3.62. The maximum Gasteiger partial charge on any atom is 0.573 e. The highest BCUT2D eigenvalue weighted by Crippen LogP contribution is 2.35. The number of benzene rings is 2. The first kappa shape index (κ1) is 25.6. The highest BCUT2D eigenvalue weighted by atomic mass is 32.2. The third kappa shape index (κ3) is 5.23. The van der Waals surface area contributed by atoms with Crippen LogP contribution in [-0.2, 0) is 9.84 Å². The van der Waals surface area contributed by atoms with Crippen molar-refractivity contribution in [2.24, 2.45) is 0 Å². The van der Waals surface area contributed by atoms with Gasteiger partial charge in [-0.15, -0.1) is 13.2 Å². The van der Waals surface area contributed by atoms with Gasteiger partial charge in [-0.05, 0) is 54.8 Å². The molecule has 10 heteroatoms. The smallest absolute Gasteiger partial charge is 0.404 e. The van der Waals surface area contributed by atoms with Crippen LogP contribution in [0.2, 0.25) is 0 Å². The largest absolute Gasteiger partial charge is 0.573 e. The molecule has 0 radical (unpaired) electrons. The van der Waals surface area contributed by atoms with Gasteiger partial charge in [-0.2, -0.15) is 10.5 Å². The molecule has 0 unspecified atom stereocenters. The first-order valence-corrected chi connectivity index (χ1v) is 11.8. The number of aromatic nitrogens is 1. The lowest BCUT2D eigenvalue weighted by Crippen LogP contribution is -2.19. The monoisotopic (exact) mass is 499 g/mol. The molecule has 0 bridgehead atoms. The molecule has 3 rings (SSSR count). The van der Waals surface area contributed by atoms with E-state index in [9.17, 15) is 32.1 Å². The van der Waals surface area contributed by atoms with Gasteiger partial charge in [-0.3, -0.25) is 0 Å². The molecule has 35 heavy (non-hydrogen) atoms. The minimum absolute atomic E-state index is 0.0364. The predicted octanol–water partition coefficient (Wildman–Crippen LogP) is 6.02. The van der Waals surface area contributed by atoms with Gasteiger partial charge < -0.3 is 9.30 Å². The van der Waals surface area contributed by atoms with Crippen molar-refractivity contribution in [2.75, 3.05) is 0 Å². The average Bonchev–Trinajstić information content (AvgIpc) is 3.12. The van der Waals surface area contributed by atoms with Gasteiger partial charge in [-0.1, -0.05) is 38.1 Å². The third-order valence-electron chi connectivity index (χ3n) is 5.22. The van der Waals surface area contributed by atoms with Crippen molar-refractivity contribution in [1.82, 2.24) is 4.57 Å². The van der Waals surface area contributed by atoms with Crippen LogP contribution in [0, 0.1) is 29.6 Å². The van der Waals surface area contributed by atoms with Crippen molar-refractivity contribution in [1.29, 1.82) is 10.5 Å². The highest BCUT2D eigenvalue weighted by Gasteiger charge is 2.35. The standard InChI is InChI=1S/C25H20F3N3O3S/c1-16(2)22-13-19(17(3)31(22)21-9-5-4-8-18(21)14-29)12-20(15-30)35(32,33)24-11-7-6-10-23(24)34-25(26,27)28/h4-13,16H,1-3H3/b20-12+. The molecule has 0 aliphatic rings. The number of rotatable bonds is 6. The van der Waals surface area contributed by atoms with Crippen LogP contribution in [-0.4, -0.2) is 19.3 Å². The Kier molecular flexibility index (Phi) is 7.09. The fraction of sp³-hybridized carbons (Fsp3) is 0.200. The fourth-order valence-corrected chi connectivity index (χ4v) is 4.89. The summed E-state index contributed by atoms with van der Waals surface area (Å²) < 4.78 is 70.5. The normalized spacial score (nSPS) is 12.3. The first-order valence-electron chi connectivity index (χ1n) is 10.3. The third-order valence-corrected chi connectivity index (χ3v) is 6.93. The van der Waals surface area contributed by atoms with Gasteiger partial charge in [-0.25, -0.2) is 8.42 Å². The lowest BCUT2D eigenvalue weighted by molar-refractivity contribution is -0.275. The number of sulfone groups is 1. The van der Waals surface area contributed by atoms with E-state index in [-0.39, 0.29) is 5.92 Å². The van der Waals surface area contributed by atoms with Crippen LogP contribution in [0.15, 0.2) is 64.4 Å². The number of hydrogen-bond acceptors (Lipinski definition) is 5. The van der Waals surface area contributed by atoms with Crippen molar-refractivity contribution < 1.29 is 26.3 Å². The molecule has 3 aromatic rings.